The topological polar surface area (TPSA) is 33.2 Å². The van der Waals surface area contributed by atoms with Crippen LogP contribution in [-0.2, 0) is 6.42 Å². The number of carbonyl (C=O) groups excluding carboxylic acids is 1. The van der Waals surface area contributed by atoms with Crippen LogP contribution in [-0.4, -0.2) is 28.4 Å². The maximum absolute atomic E-state index is 12.4. The Kier molecular flexibility index (Phi) is 4.15. The fraction of sp³-hybridized carbons (Fsp3) is 0.692. The fourth-order valence-electron chi connectivity index (χ4n) is 2.50. The monoisotopic (exact) mass is 252 g/mol. The van der Waals surface area contributed by atoms with Gasteiger partial charge in [0.2, 0.25) is 0 Å². The number of hydrogen-bond donors (Lipinski definition) is 0. The minimum atomic E-state index is 0.177. The van der Waals surface area contributed by atoms with Crippen molar-refractivity contribution in [3.8, 4) is 0 Å². The molecule has 0 aromatic carbocycles. The van der Waals surface area contributed by atoms with Gasteiger partial charge < -0.3 is 4.90 Å². The van der Waals surface area contributed by atoms with E-state index in [0.717, 1.165) is 22.9 Å². The third-order valence-electron chi connectivity index (χ3n) is 3.43. The lowest BCUT2D eigenvalue weighted by Gasteiger charge is -2.26. The highest BCUT2D eigenvalue weighted by molar-refractivity contribution is 7.13. The second-order valence-corrected chi connectivity index (χ2v) is 5.62. The molecule has 1 fully saturated rings. The predicted octanol–water partition coefficient (Wildman–Crippen LogP) is 3.11. The van der Waals surface area contributed by atoms with E-state index in [2.05, 4.69) is 18.8 Å². The van der Waals surface area contributed by atoms with Crippen molar-refractivity contribution in [1.82, 2.24) is 9.88 Å². The lowest BCUT2D eigenvalue weighted by molar-refractivity contribution is 0.0698. The Balaban J connectivity index is 2.10. The van der Waals surface area contributed by atoms with E-state index in [0.29, 0.717) is 6.04 Å². The molecule has 0 atom stereocenters. The molecule has 2 rings (SSSR count). The summed E-state index contributed by atoms with van der Waals surface area (Å²) in [6, 6.07) is 0.458. The first-order valence-electron chi connectivity index (χ1n) is 6.52. The molecule has 0 aliphatic heterocycles. The van der Waals surface area contributed by atoms with Crippen molar-refractivity contribution < 1.29 is 4.79 Å². The quantitative estimate of drug-likeness (QED) is 0.825. The van der Waals surface area contributed by atoms with Crippen molar-refractivity contribution in [2.75, 3.05) is 6.54 Å². The zero-order valence-electron chi connectivity index (χ0n) is 10.6. The van der Waals surface area contributed by atoms with Gasteiger partial charge in [-0.2, -0.15) is 0 Å². The molecular weight excluding hydrogens is 232 g/mol. The lowest BCUT2D eigenvalue weighted by Crippen LogP contribution is -2.38. The van der Waals surface area contributed by atoms with E-state index in [9.17, 15) is 4.79 Å². The number of thiazole rings is 1. The Morgan fingerprint density at radius 2 is 2.18 bits per heavy atom. The summed E-state index contributed by atoms with van der Waals surface area (Å²) in [5.74, 6) is 0.177. The van der Waals surface area contributed by atoms with Gasteiger partial charge in [0.1, 0.15) is 4.88 Å². The molecule has 1 aliphatic carbocycles. The molecule has 94 valence electrons. The van der Waals surface area contributed by atoms with Crippen LogP contribution in [0.3, 0.4) is 0 Å². The molecule has 1 saturated carbocycles. The molecule has 3 nitrogen and oxygen atoms in total. The van der Waals surface area contributed by atoms with Gasteiger partial charge in [0.15, 0.2) is 0 Å². The van der Waals surface area contributed by atoms with Gasteiger partial charge in [-0.3, -0.25) is 4.79 Å². The van der Waals surface area contributed by atoms with Gasteiger partial charge in [-0.05, 0) is 26.2 Å². The minimum absolute atomic E-state index is 0.177. The van der Waals surface area contributed by atoms with Crippen molar-refractivity contribution in [2.24, 2.45) is 0 Å². The maximum atomic E-state index is 12.4. The summed E-state index contributed by atoms with van der Waals surface area (Å²) < 4.78 is 0. The van der Waals surface area contributed by atoms with Crippen LogP contribution in [0.15, 0.2) is 6.20 Å². The van der Waals surface area contributed by atoms with Crippen LogP contribution in [0.4, 0.5) is 0 Å². The van der Waals surface area contributed by atoms with Crippen LogP contribution < -0.4 is 0 Å². The number of aryl methyl sites for hydroxylation is 1. The van der Waals surface area contributed by atoms with E-state index < -0.39 is 0 Å². The van der Waals surface area contributed by atoms with Gasteiger partial charge in [0, 0.05) is 12.6 Å². The largest absolute Gasteiger partial charge is 0.335 e. The Morgan fingerprint density at radius 1 is 1.47 bits per heavy atom. The van der Waals surface area contributed by atoms with Gasteiger partial charge in [-0.15, -0.1) is 11.3 Å². The van der Waals surface area contributed by atoms with E-state index >= 15 is 0 Å². The van der Waals surface area contributed by atoms with Gasteiger partial charge >= 0.3 is 0 Å². The van der Waals surface area contributed by atoms with Crippen LogP contribution in [0, 0.1) is 0 Å². The van der Waals surface area contributed by atoms with Crippen LogP contribution in [0.5, 0.6) is 0 Å². The summed E-state index contributed by atoms with van der Waals surface area (Å²) in [6.07, 6.45) is 7.50. The van der Waals surface area contributed by atoms with Crippen molar-refractivity contribution in [1.29, 1.82) is 0 Å². The van der Waals surface area contributed by atoms with Crippen LogP contribution >= 0.6 is 11.3 Å². The van der Waals surface area contributed by atoms with Crippen LogP contribution in [0.1, 0.15) is 54.2 Å². The zero-order valence-corrected chi connectivity index (χ0v) is 11.4. The molecule has 0 unspecified atom stereocenters. The summed E-state index contributed by atoms with van der Waals surface area (Å²) in [5.41, 5.74) is 0. The summed E-state index contributed by atoms with van der Waals surface area (Å²) in [6.45, 7) is 4.95. The number of amides is 1. The standard InChI is InChI=1S/C13H20N2OS/c1-3-12-14-9-11(17-12)13(16)15(4-2)10-7-5-6-8-10/h9-10H,3-8H2,1-2H3. The molecule has 1 heterocycles. The Morgan fingerprint density at radius 3 is 2.71 bits per heavy atom. The van der Waals surface area contributed by atoms with Gasteiger partial charge in [-0.25, -0.2) is 4.98 Å². The molecule has 0 N–H and O–H groups in total. The molecule has 1 aromatic heterocycles. The van der Waals surface area contributed by atoms with E-state index in [4.69, 9.17) is 0 Å². The van der Waals surface area contributed by atoms with Crippen molar-refractivity contribution in [2.45, 2.75) is 52.0 Å². The van der Waals surface area contributed by atoms with E-state index in [-0.39, 0.29) is 5.91 Å². The van der Waals surface area contributed by atoms with Gasteiger partial charge in [-0.1, -0.05) is 19.8 Å². The molecule has 0 saturated heterocycles. The highest BCUT2D eigenvalue weighted by atomic mass is 32.1. The summed E-state index contributed by atoms with van der Waals surface area (Å²) in [5, 5.41) is 1.05. The van der Waals surface area contributed by atoms with Crippen molar-refractivity contribution in [3.63, 3.8) is 0 Å². The second kappa shape index (κ2) is 5.63. The second-order valence-electron chi connectivity index (χ2n) is 4.50. The third kappa shape index (κ3) is 2.68. The van der Waals surface area contributed by atoms with E-state index in [1.54, 1.807) is 17.5 Å². The van der Waals surface area contributed by atoms with Crippen LogP contribution in [0.2, 0.25) is 0 Å². The van der Waals surface area contributed by atoms with Gasteiger partial charge in [0.05, 0.1) is 11.2 Å². The summed E-state index contributed by atoms with van der Waals surface area (Å²) in [7, 11) is 0. The Labute approximate surface area is 107 Å². The maximum Gasteiger partial charge on any atom is 0.265 e. The average molecular weight is 252 g/mol. The highest BCUT2D eigenvalue weighted by Gasteiger charge is 2.27. The van der Waals surface area contributed by atoms with Crippen molar-refractivity contribution in [3.05, 3.63) is 16.1 Å². The smallest absolute Gasteiger partial charge is 0.265 e. The summed E-state index contributed by atoms with van der Waals surface area (Å²) >= 11 is 1.54. The van der Waals surface area contributed by atoms with E-state index in [1.807, 2.05) is 4.90 Å². The summed E-state index contributed by atoms with van der Waals surface area (Å²) in [4.78, 5) is 19.5. The average Bonchev–Trinajstić information content (AvgIpc) is 3.00. The molecule has 1 amide bonds. The molecule has 0 radical (unpaired) electrons. The number of aromatic nitrogens is 1. The number of carbonyl (C=O) groups is 1. The first-order valence-corrected chi connectivity index (χ1v) is 7.33. The number of nitrogens with zero attached hydrogens (tertiary/aromatic N) is 2. The first-order chi connectivity index (χ1) is 8.26. The van der Waals surface area contributed by atoms with Crippen molar-refractivity contribution >= 4 is 17.2 Å². The van der Waals surface area contributed by atoms with Gasteiger partial charge in [0.25, 0.3) is 5.91 Å². The van der Waals surface area contributed by atoms with E-state index in [1.165, 1.54) is 25.7 Å². The molecule has 17 heavy (non-hydrogen) atoms. The lowest BCUT2D eigenvalue weighted by atomic mass is 10.2. The molecule has 0 bridgehead atoms. The number of hydrogen-bond acceptors (Lipinski definition) is 3. The molecule has 1 aliphatic rings. The Bertz CT molecular complexity index is 383. The highest BCUT2D eigenvalue weighted by Crippen LogP contribution is 2.26. The first kappa shape index (κ1) is 12.6. The molecule has 4 heteroatoms. The number of rotatable bonds is 4. The zero-order chi connectivity index (χ0) is 12.3. The predicted molar refractivity (Wildman–Crippen MR) is 70.5 cm³/mol. The molecule has 1 aromatic rings. The SMILES string of the molecule is CCc1ncc(C(=O)N(CC)C2CCCC2)s1. The minimum Gasteiger partial charge on any atom is -0.335 e. The molecular formula is C13H20N2OS. The fourth-order valence-corrected chi connectivity index (χ4v) is 3.31. The van der Waals surface area contributed by atoms with Crippen LogP contribution in [0.25, 0.3) is 0 Å². The normalized spacial score (nSPS) is 16.4. The third-order valence-corrected chi connectivity index (χ3v) is 4.56. The Hall–Kier alpha value is -0.900. The molecule has 0 spiro atoms.